The molecular weight excluding hydrogens is 498 g/mol. The van der Waals surface area contributed by atoms with Crippen LogP contribution < -0.4 is 5.32 Å². The molecule has 0 aliphatic carbocycles. The maximum atomic E-state index is 13.7. The van der Waals surface area contributed by atoms with Crippen molar-refractivity contribution in [2.24, 2.45) is 0 Å². The van der Waals surface area contributed by atoms with E-state index in [1.807, 2.05) is 32.2 Å². The van der Waals surface area contributed by atoms with Crippen molar-refractivity contribution in [3.8, 4) is 11.4 Å². The van der Waals surface area contributed by atoms with Crippen molar-refractivity contribution < 1.29 is 18.4 Å². The number of halogens is 2. The van der Waals surface area contributed by atoms with E-state index in [9.17, 15) is 18.4 Å². The minimum absolute atomic E-state index is 0.0543. The number of nitrogens with one attached hydrogen (secondary N) is 1. The lowest BCUT2D eigenvalue weighted by molar-refractivity contribution is -0.143. The van der Waals surface area contributed by atoms with Crippen LogP contribution in [0.15, 0.2) is 66.0 Å². The molecule has 0 aliphatic rings. The zero-order valence-electron chi connectivity index (χ0n) is 20.6. The third-order valence-electron chi connectivity index (χ3n) is 5.29. The monoisotopic (exact) mass is 524 g/mol. The quantitative estimate of drug-likeness (QED) is 0.370. The lowest BCUT2D eigenvalue weighted by Gasteiger charge is -2.33. The Morgan fingerprint density at radius 3 is 2.27 bits per heavy atom. The number of thiophene rings is 1. The number of benzene rings is 2. The number of aromatic nitrogens is 4. The Labute approximate surface area is 216 Å². The van der Waals surface area contributed by atoms with Gasteiger partial charge in [-0.15, -0.1) is 21.5 Å². The Morgan fingerprint density at radius 2 is 1.68 bits per heavy atom. The largest absolute Gasteiger partial charge is 0.349 e. The van der Waals surface area contributed by atoms with Gasteiger partial charge in [-0.1, -0.05) is 18.2 Å². The second-order valence-electron chi connectivity index (χ2n) is 9.46. The van der Waals surface area contributed by atoms with Crippen molar-refractivity contribution in [2.45, 2.75) is 45.4 Å². The molecule has 2 amide bonds. The summed E-state index contributed by atoms with van der Waals surface area (Å²) >= 11 is 1.36. The Morgan fingerprint density at radius 1 is 1.03 bits per heavy atom. The molecule has 2 aromatic heterocycles. The minimum atomic E-state index is -0.933. The molecular formula is C26H26F2N6O2S. The smallest absolute Gasteiger partial charge is 0.248 e. The predicted octanol–water partition coefficient (Wildman–Crippen LogP) is 4.36. The summed E-state index contributed by atoms with van der Waals surface area (Å²) in [6, 6.07) is 14.0. The van der Waals surface area contributed by atoms with Gasteiger partial charge in [0.2, 0.25) is 17.6 Å². The second-order valence-corrected chi connectivity index (χ2v) is 10.4. The SMILES string of the molecule is CC(C)(C)NC(=O)[C@H](c1cccs1)N(Cc1ccc(F)cc1)C(=O)Cn1nnc(-c2ccc(F)cc2)n1. The van der Waals surface area contributed by atoms with E-state index in [1.165, 1.54) is 52.6 Å². The van der Waals surface area contributed by atoms with Crippen LogP contribution in [0.2, 0.25) is 0 Å². The van der Waals surface area contributed by atoms with Gasteiger partial charge in [-0.25, -0.2) is 8.78 Å². The highest BCUT2D eigenvalue weighted by Gasteiger charge is 2.34. The minimum Gasteiger partial charge on any atom is -0.349 e. The van der Waals surface area contributed by atoms with Crippen molar-refractivity contribution in [3.05, 3.63) is 88.1 Å². The normalized spacial score (nSPS) is 12.2. The third-order valence-corrected chi connectivity index (χ3v) is 6.21. The number of hydrogen-bond donors (Lipinski definition) is 1. The summed E-state index contributed by atoms with van der Waals surface area (Å²) < 4.78 is 26.8. The first kappa shape index (κ1) is 26.1. The van der Waals surface area contributed by atoms with Crippen LogP contribution in [0.3, 0.4) is 0 Å². The van der Waals surface area contributed by atoms with Gasteiger partial charge in [0.25, 0.3) is 0 Å². The Hall–Kier alpha value is -3.99. The number of carbonyl (C=O) groups excluding carboxylic acids is 2. The van der Waals surface area contributed by atoms with Crippen LogP contribution in [0.4, 0.5) is 8.78 Å². The first-order chi connectivity index (χ1) is 17.6. The highest BCUT2D eigenvalue weighted by atomic mass is 32.1. The van der Waals surface area contributed by atoms with Gasteiger partial charge in [-0.05, 0) is 79.4 Å². The average Bonchev–Trinajstić information content (AvgIpc) is 3.52. The summed E-state index contributed by atoms with van der Waals surface area (Å²) in [5, 5.41) is 17.0. The van der Waals surface area contributed by atoms with Crippen LogP contribution in [0.5, 0.6) is 0 Å². The van der Waals surface area contributed by atoms with Crippen molar-refractivity contribution in [1.82, 2.24) is 30.4 Å². The van der Waals surface area contributed by atoms with Crippen LogP contribution in [0.25, 0.3) is 11.4 Å². The number of hydrogen-bond acceptors (Lipinski definition) is 6. The Balaban J connectivity index is 1.65. The van der Waals surface area contributed by atoms with E-state index in [1.54, 1.807) is 18.2 Å². The average molecular weight is 525 g/mol. The van der Waals surface area contributed by atoms with E-state index >= 15 is 0 Å². The van der Waals surface area contributed by atoms with Gasteiger partial charge in [0.15, 0.2) is 0 Å². The summed E-state index contributed by atoms with van der Waals surface area (Å²) in [7, 11) is 0. The molecule has 0 saturated carbocycles. The van der Waals surface area contributed by atoms with E-state index in [4.69, 9.17) is 0 Å². The molecule has 37 heavy (non-hydrogen) atoms. The van der Waals surface area contributed by atoms with Gasteiger partial charge in [0.1, 0.15) is 24.2 Å². The Kier molecular flexibility index (Phi) is 7.72. The summed E-state index contributed by atoms with van der Waals surface area (Å²) in [5.41, 5.74) is 0.664. The lowest BCUT2D eigenvalue weighted by atomic mass is 10.1. The van der Waals surface area contributed by atoms with E-state index < -0.39 is 29.1 Å². The molecule has 2 aromatic carbocycles. The molecule has 192 valence electrons. The maximum Gasteiger partial charge on any atom is 0.248 e. The van der Waals surface area contributed by atoms with E-state index in [-0.39, 0.29) is 24.8 Å². The summed E-state index contributed by atoms with van der Waals surface area (Å²) in [6.07, 6.45) is 0. The highest BCUT2D eigenvalue weighted by molar-refractivity contribution is 7.10. The van der Waals surface area contributed by atoms with Crippen molar-refractivity contribution in [3.63, 3.8) is 0 Å². The van der Waals surface area contributed by atoms with Crippen LogP contribution >= 0.6 is 11.3 Å². The predicted molar refractivity (Wildman–Crippen MR) is 135 cm³/mol. The maximum absolute atomic E-state index is 13.7. The third kappa shape index (κ3) is 6.82. The fraction of sp³-hybridized carbons (Fsp3) is 0.269. The number of carbonyl (C=O) groups is 2. The molecule has 4 rings (SSSR count). The number of tetrazole rings is 1. The van der Waals surface area contributed by atoms with Crippen LogP contribution in [-0.4, -0.2) is 42.5 Å². The van der Waals surface area contributed by atoms with E-state index in [0.29, 0.717) is 16.0 Å². The number of amides is 2. The molecule has 1 N–H and O–H groups in total. The molecule has 0 unspecified atom stereocenters. The van der Waals surface area contributed by atoms with Gasteiger partial charge < -0.3 is 10.2 Å². The van der Waals surface area contributed by atoms with Gasteiger partial charge in [-0.2, -0.15) is 4.80 Å². The molecule has 0 aliphatic heterocycles. The van der Waals surface area contributed by atoms with Crippen molar-refractivity contribution in [2.75, 3.05) is 0 Å². The standard InChI is InChI=1S/C26H26F2N6O2S/c1-26(2,3)29-25(36)23(21-5-4-14-37-21)33(15-17-6-10-19(27)11-7-17)22(35)16-34-31-24(30-32-34)18-8-12-20(28)13-9-18/h4-14,23H,15-16H2,1-3H3,(H,29,36)/t23-/m0/s1. The summed E-state index contributed by atoms with van der Waals surface area (Å²) in [6.45, 7) is 5.34. The zero-order chi connectivity index (χ0) is 26.6. The van der Waals surface area contributed by atoms with Crippen molar-refractivity contribution >= 4 is 23.2 Å². The van der Waals surface area contributed by atoms with Gasteiger partial charge in [0.05, 0.1) is 0 Å². The van der Waals surface area contributed by atoms with Crippen LogP contribution in [-0.2, 0) is 22.7 Å². The van der Waals surface area contributed by atoms with Crippen LogP contribution in [0.1, 0.15) is 37.3 Å². The van der Waals surface area contributed by atoms with Gasteiger partial charge >= 0.3 is 0 Å². The number of rotatable bonds is 8. The molecule has 0 bridgehead atoms. The topological polar surface area (TPSA) is 93.0 Å². The molecule has 0 radical (unpaired) electrons. The van der Waals surface area contributed by atoms with Gasteiger partial charge in [-0.3, -0.25) is 9.59 Å². The molecule has 8 nitrogen and oxygen atoms in total. The fourth-order valence-electron chi connectivity index (χ4n) is 3.66. The number of nitrogens with zero attached hydrogens (tertiary/aromatic N) is 5. The molecule has 0 saturated heterocycles. The first-order valence-electron chi connectivity index (χ1n) is 11.5. The lowest BCUT2D eigenvalue weighted by Crippen LogP contribution is -2.49. The van der Waals surface area contributed by atoms with Crippen molar-refractivity contribution in [1.29, 1.82) is 0 Å². The van der Waals surface area contributed by atoms with E-state index in [2.05, 4.69) is 20.7 Å². The summed E-state index contributed by atoms with van der Waals surface area (Å²) in [5.74, 6) is -1.34. The van der Waals surface area contributed by atoms with E-state index in [0.717, 1.165) is 4.80 Å². The molecule has 4 aromatic rings. The molecule has 11 heteroatoms. The summed E-state index contributed by atoms with van der Waals surface area (Å²) in [4.78, 5) is 30.4. The van der Waals surface area contributed by atoms with Gasteiger partial charge in [0, 0.05) is 22.5 Å². The highest BCUT2D eigenvalue weighted by Crippen LogP contribution is 2.28. The molecule has 0 spiro atoms. The Bertz CT molecular complexity index is 1350. The second kappa shape index (κ2) is 11.0. The fourth-order valence-corrected chi connectivity index (χ4v) is 4.49. The van der Waals surface area contributed by atoms with Crippen LogP contribution in [0, 0.1) is 11.6 Å². The first-order valence-corrected chi connectivity index (χ1v) is 12.4. The molecule has 0 fully saturated rings. The molecule has 2 heterocycles. The molecule has 1 atom stereocenters. The zero-order valence-corrected chi connectivity index (χ0v) is 21.4.